The third-order valence-corrected chi connectivity index (χ3v) is 13.9. The molecule has 0 N–H and O–H groups in total. The van der Waals surface area contributed by atoms with Gasteiger partial charge in [-0.25, -0.2) is 4.70 Å². The fourth-order valence-electron chi connectivity index (χ4n) is 8.57. The predicted molar refractivity (Wildman–Crippen MR) is 264 cm³/mol. The second-order valence-corrected chi connectivity index (χ2v) is 19.7. The molecule has 2 aromatic carbocycles. The van der Waals surface area contributed by atoms with Crippen LogP contribution in [0.5, 0.6) is 0 Å². The maximum absolute atomic E-state index is 11.8. The summed E-state index contributed by atoms with van der Waals surface area (Å²) in [5, 5.41) is 2.85. The van der Waals surface area contributed by atoms with Crippen molar-refractivity contribution in [2.75, 3.05) is 0 Å². The van der Waals surface area contributed by atoms with Crippen molar-refractivity contribution in [3.8, 4) is 0 Å². The van der Waals surface area contributed by atoms with Crippen LogP contribution in [0.4, 0.5) is 0 Å². The average Bonchev–Trinajstić information content (AvgIpc) is 3.53. The Kier molecular flexibility index (Phi) is 33.9. The van der Waals surface area contributed by atoms with Gasteiger partial charge in [0.1, 0.15) is 0 Å². The molecule has 60 heavy (non-hydrogen) atoms. The van der Waals surface area contributed by atoms with E-state index in [0.717, 1.165) is 35.4 Å². The Hall–Kier alpha value is -1.99. The Labute approximate surface area is 380 Å². The number of benzene rings is 2. The molecule has 344 valence electrons. The Bertz CT molecular complexity index is 1370. The molecule has 0 unspecified atom stereocenters. The van der Waals surface area contributed by atoms with E-state index in [4.69, 9.17) is 0 Å². The molecule has 0 spiro atoms. The first kappa shape index (κ1) is 54.1. The van der Waals surface area contributed by atoms with E-state index in [0.29, 0.717) is 0 Å². The Morgan fingerprint density at radius 3 is 0.883 bits per heavy atom. The third kappa shape index (κ3) is 24.6. The topological polar surface area (TPSA) is 25.3 Å². The van der Waals surface area contributed by atoms with Crippen LogP contribution < -0.4 is 0 Å². The molecule has 0 bridgehead atoms. The number of allylic oxidation sites excluding steroid dienone is 2. The molecule has 0 radical (unpaired) electrons. The number of hydrogen-bond donors (Lipinski definition) is 0. The van der Waals surface area contributed by atoms with Crippen molar-refractivity contribution in [3.63, 3.8) is 0 Å². The summed E-state index contributed by atoms with van der Waals surface area (Å²) in [5.74, 6) is 0. The van der Waals surface area contributed by atoms with Crippen molar-refractivity contribution in [1.29, 1.82) is 0 Å². The van der Waals surface area contributed by atoms with Crippen molar-refractivity contribution >= 4 is 11.4 Å². The summed E-state index contributed by atoms with van der Waals surface area (Å²) in [4.78, 5) is 0. The molecule has 2 nitrogen and oxygen atoms in total. The number of aryl methyl sites for hydroxylation is 2. The predicted octanol–water partition coefficient (Wildman–Crippen LogP) is 20.3. The Morgan fingerprint density at radius 1 is 0.350 bits per heavy atom. The molecule has 1 aliphatic rings. The summed E-state index contributed by atoms with van der Waals surface area (Å²) in [7, 11) is 0. The van der Waals surface area contributed by atoms with Crippen LogP contribution in [-0.4, -0.2) is 4.70 Å². The van der Waals surface area contributed by atoms with E-state index in [9.17, 15) is 5.53 Å². The summed E-state index contributed by atoms with van der Waals surface area (Å²) < 4.78 is 1.54. The minimum atomic E-state index is 1.01. The number of nitrogens with zero attached hydrogens (tertiary/aromatic N) is 2. The summed E-state index contributed by atoms with van der Waals surface area (Å²) in [6.07, 6.45) is 44.9. The van der Waals surface area contributed by atoms with Gasteiger partial charge in [-0.15, -0.1) is 0 Å². The Balaban J connectivity index is 0.000000614. The zero-order valence-electron chi connectivity index (χ0n) is 40.6. The first-order valence-corrected chi connectivity index (χ1v) is 27.4. The van der Waals surface area contributed by atoms with Gasteiger partial charge in [0, 0.05) is 22.3 Å². The normalized spacial score (nSPS) is 12.9. The second-order valence-electron chi connectivity index (χ2n) is 18.2. The number of hydrogen-bond acceptors (Lipinski definition) is 0. The summed E-state index contributed by atoms with van der Waals surface area (Å²) in [5.41, 5.74) is 21.3. The van der Waals surface area contributed by atoms with E-state index < -0.39 is 0 Å². The first-order valence-electron chi connectivity index (χ1n) is 26.0. The van der Waals surface area contributed by atoms with Crippen LogP contribution in [0.15, 0.2) is 59.7 Å². The molecule has 0 aliphatic carbocycles. The molecular weight excluding hydrogens is 771 g/mol. The summed E-state index contributed by atoms with van der Waals surface area (Å²) >= 11 is 2.01. The summed E-state index contributed by atoms with van der Waals surface area (Å²) in [6.45, 7) is 13.4. The van der Waals surface area contributed by atoms with Gasteiger partial charge in [-0.3, -0.25) is 0 Å². The molecule has 2 aromatic rings. The molecule has 0 fully saturated rings. The van der Waals surface area contributed by atoms with Crippen LogP contribution >= 0.6 is 0 Å². The quantitative estimate of drug-likeness (QED) is 0.0367. The zero-order chi connectivity index (χ0) is 43.3. The van der Waals surface area contributed by atoms with Crippen LogP contribution in [0.25, 0.3) is 16.9 Å². The van der Waals surface area contributed by atoms with Gasteiger partial charge in [0.05, 0.1) is 0 Å². The van der Waals surface area contributed by atoms with Gasteiger partial charge in [-0.05, 0) is 63.8 Å². The van der Waals surface area contributed by atoms with Gasteiger partial charge in [0.2, 0.25) is 11.4 Å². The van der Waals surface area contributed by atoms with Gasteiger partial charge < -0.3 is 5.53 Å². The van der Waals surface area contributed by atoms with Crippen LogP contribution in [0, 0.1) is 13.8 Å². The molecule has 3 heteroatoms. The molecule has 0 aromatic heterocycles. The Morgan fingerprint density at radius 2 is 0.600 bits per heavy atom. The molecule has 3 rings (SSSR count). The molecule has 1 aliphatic heterocycles. The van der Waals surface area contributed by atoms with Crippen molar-refractivity contribution in [3.05, 3.63) is 87.5 Å². The van der Waals surface area contributed by atoms with Gasteiger partial charge in [-0.1, -0.05) is 158 Å². The van der Waals surface area contributed by atoms with Gasteiger partial charge in [-0.2, -0.15) is 0 Å². The monoisotopic (exact) mass is 867 g/mol. The molecular formula is C57H96N2Ni. The zero-order valence-corrected chi connectivity index (χ0v) is 41.6. The van der Waals surface area contributed by atoms with Gasteiger partial charge in [0.15, 0.2) is 0 Å². The minimum absolute atomic E-state index is 1.01. The van der Waals surface area contributed by atoms with E-state index in [-0.39, 0.29) is 0 Å². The number of unbranched alkanes of at least 4 members (excludes halogenated alkanes) is 27. The van der Waals surface area contributed by atoms with Crippen molar-refractivity contribution in [2.24, 2.45) is 0 Å². The molecule has 0 saturated heterocycles. The average molecular weight is 868 g/mol. The molecule has 1 heterocycles. The van der Waals surface area contributed by atoms with E-state index in [1.165, 1.54) is 232 Å². The standard InChI is InChI=1S/C41H62N2.2C8H17.Ni/c1-5-7-9-11-13-14-15-16-17-18-19-21-23-25-39-38(24-22-20-12-10-8-6-2)40(36-30-26-34(3)27-31-36)43(42)41(39)37-32-28-35(4)29-33-37;2*1-3-5-7-8-6-4-2;/h26-33H,5-25H2,1-4H3;2*1,3-8H2,2H3;. The SMILES string of the molecule is CCCCCCCCCCCCCCCC1=C(c2ccc(C)cc2)[N+](=[N-])C(c2ccc(C)cc2)=C1CCCCCCCC.CCCCCCC[CH2][Ni][CH2]CCCCCCC. The van der Waals surface area contributed by atoms with Gasteiger partial charge in [0.25, 0.3) is 0 Å². The van der Waals surface area contributed by atoms with E-state index in [1.807, 2.05) is 14.4 Å². The molecule has 0 atom stereocenters. The second kappa shape index (κ2) is 37.6. The molecule has 0 amide bonds. The third-order valence-electron chi connectivity index (χ3n) is 12.5. The van der Waals surface area contributed by atoms with Gasteiger partial charge >= 0.3 is 116 Å². The van der Waals surface area contributed by atoms with E-state index >= 15 is 0 Å². The van der Waals surface area contributed by atoms with E-state index in [2.05, 4.69) is 90.1 Å². The van der Waals surface area contributed by atoms with Crippen molar-refractivity contribution in [1.82, 2.24) is 0 Å². The summed E-state index contributed by atoms with van der Waals surface area (Å²) in [6, 6.07) is 17.5. The van der Waals surface area contributed by atoms with Crippen LogP contribution in [0.3, 0.4) is 0 Å². The number of rotatable bonds is 37. The van der Waals surface area contributed by atoms with Crippen molar-refractivity contribution < 1.29 is 19.1 Å². The van der Waals surface area contributed by atoms with Crippen LogP contribution in [0.2, 0.25) is 10.8 Å². The first-order chi connectivity index (χ1) is 29.5. The van der Waals surface area contributed by atoms with Crippen molar-refractivity contribution in [2.45, 2.75) is 264 Å². The van der Waals surface area contributed by atoms with E-state index in [1.54, 1.807) is 4.70 Å². The van der Waals surface area contributed by atoms with Crippen LogP contribution in [0.1, 0.15) is 262 Å². The maximum atomic E-state index is 11.8. The fraction of sp³-hybridized carbons (Fsp3) is 0.719. The fourth-order valence-corrected chi connectivity index (χ4v) is 9.80. The molecule has 0 saturated carbocycles. The van der Waals surface area contributed by atoms with Crippen LogP contribution in [-0.2, 0) is 14.4 Å².